The van der Waals surface area contributed by atoms with Crippen molar-refractivity contribution in [3.63, 3.8) is 0 Å². The molecule has 0 bridgehead atoms. The summed E-state index contributed by atoms with van der Waals surface area (Å²) in [6.45, 7) is 8.49. The van der Waals surface area contributed by atoms with Crippen LogP contribution in [0.25, 0.3) is 10.9 Å². The molecule has 0 unspecified atom stereocenters. The molecule has 0 aliphatic carbocycles. The minimum Gasteiger partial charge on any atom is -0.353 e. The third-order valence-electron chi connectivity index (χ3n) is 6.51. The van der Waals surface area contributed by atoms with Gasteiger partial charge in [0, 0.05) is 52.9 Å². The van der Waals surface area contributed by atoms with Crippen LogP contribution in [0, 0.1) is 13.8 Å². The Labute approximate surface area is 203 Å². The lowest BCUT2D eigenvalue weighted by molar-refractivity contribution is 0.204. The largest absolute Gasteiger partial charge is 0.353 e. The molecule has 3 aromatic heterocycles. The van der Waals surface area contributed by atoms with E-state index in [0.717, 1.165) is 62.9 Å². The Morgan fingerprint density at radius 3 is 2.59 bits per heavy atom. The molecule has 2 N–H and O–H groups in total. The standard InChI is InChI=1S/C25H28N8S/c1-16-5-6-18-12-20(7-8-21(18)26-16)34-25-28-22(27-23-11-17(2)30-31-23)13-24(29-25)33-14-19(15-33)32-9-3-4-10-32/h5-8,11-13,19H,3-4,9-10,14-15H2,1-2H3,(H2,27,28,29,30,31). The molecular formula is C25H28N8S. The van der Waals surface area contributed by atoms with Gasteiger partial charge in [0.1, 0.15) is 11.6 Å². The monoisotopic (exact) mass is 472 g/mol. The lowest BCUT2D eigenvalue weighted by atomic mass is 10.1. The first-order valence-corrected chi connectivity index (χ1v) is 12.6. The first kappa shape index (κ1) is 21.4. The highest BCUT2D eigenvalue weighted by Gasteiger charge is 2.34. The zero-order chi connectivity index (χ0) is 23.1. The fraction of sp³-hybridized carbons (Fsp3) is 0.360. The molecule has 8 nitrogen and oxygen atoms in total. The summed E-state index contributed by atoms with van der Waals surface area (Å²) < 4.78 is 0. The minimum atomic E-state index is 0.635. The molecule has 174 valence electrons. The maximum absolute atomic E-state index is 4.93. The Morgan fingerprint density at radius 2 is 1.79 bits per heavy atom. The molecule has 5 heterocycles. The number of likely N-dealkylation sites (tertiary alicyclic amines) is 1. The second-order valence-corrected chi connectivity index (χ2v) is 10.2. The van der Waals surface area contributed by atoms with Crippen molar-refractivity contribution in [3.05, 3.63) is 53.9 Å². The molecule has 1 aromatic carbocycles. The fourth-order valence-corrected chi connectivity index (χ4v) is 5.47. The molecule has 2 aliphatic rings. The second kappa shape index (κ2) is 8.88. The van der Waals surface area contributed by atoms with Gasteiger partial charge in [0.25, 0.3) is 0 Å². The third-order valence-corrected chi connectivity index (χ3v) is 7.36. The Kier molecular flexibility index (Phi) is 5.58. The zero-order valence-corrected chi connectivity index (χ0v) is 20.3. The van der Waals surface area contributed by atoms with Gasteiger partial charge < -0.3 is 10.2 Å². The Bertz CT molecular complexity index is 1320. The third kappa shape index (κ3) is 4.45. The van der Waals surface area contributed by atoms with Gasteiger partial charge in [0.15, 0.2) is 11.0 Å². The zero-order valence-electron chi connectivity index (χ0n) is 19.5. The van der Waals surface area contributed by atoms with Crippen LogP contribution in [0.2, 0.25) is 0 Å². The highest BCUT2D eigenvalue weighted by atomic mass is 32.2. The summed E-state index contributed by atoms with van der Waals surface area (Å²) in [7, 11) is 0. The number of aromatic nitrogens is 5. The van der Waals surface area contributed by atoms with Gasteiger partial charge in [-0.05, 0) is 75.8 Å². The van der Waals surface area contributed by atoms with Gasteiger partial charge in [-0.3, -0.25) is 15.0 Å². The molecule has 0 amide bonds. The van der Waals surface area contributed by atoms with Crippen molar-refractivity contribution in [1.29, 1.82) is 0 Å². The molecule has 0 saturated carbocycles. The van der Waals surface area contributed by atoms with E-state index >= 15 is 0 Å². The highest BCUT2D eigenvalue weighted by molar-refractivity contribution is 7.99. The van der Waals surface area contributed by atoms with E-state index in [2.05, 4.69) is 54.6 Å². The van der Waals surface area contributed by atoms with E-state index in [4.69, 9.17) is 9.97 Å². The molecule has 6 rings (SSSR count). The van der Waals surface area contributed by atoms with Crippen LogP contribution in [0.5, 0.6) is 0 Å². The van der Waals surface area contributed by atoms with Gasteiger partial charge in [-0.2, -0.15) is 5.10 Å². The summed E-state index contributed by atoms with van der Waals surface area (Å²) >= 11 is 1.57. The molecule has 34 heavy (non-hydrogen) atoms. The van der Waals surface area contributed by atoms with Crippen LogP contribution in [0.15, 0.2) is 52.5 Å². The van der Waals surface area contributed by atoms with Crippen LogP contribution >= 0.6 is 11.8 Å². The van der Waals surface area contributed by atoms with E-state index < -0.39 is 0 Å². The number of fused-ring (bicyclic) bond motifs is 1. The highest BCUT2D eigenvalue weighted by Crippen LogP contribution is 2.32. The number of H-pyrrole nitrogens is 1. The lowest BCUT2D eigenvalue weighted by Crippen LogP contribution is -2.59. The Morgan fingerprint density at radius 1 is 0.941 bits per heavy atom. The van der Waals surface area contributed by atoms with Gasteiger partial charge >= 0.3 is 0 Å². The number of rotatable bonds is 6. The van der Waals surface area contributed by atoms with E-state index in [9.17, 15) is 0 Å². The van der Waals surface area contributed by atoms with Crippen LogP contribution in [0.4, 0.5) is 17.5 Å². The number of nitrogens with zero attached hydrogens (tertiary/aromatic N) is 6. The first-order valence-electron chi connectivity index (χ1n) is 11.8. The number of aryl methyl sites for hydroxylation is 2. The predicted octanol–water partition coefficient (Wildman–Crippen LogP) is 4.54. The van der Waals surface area contributed by atoms with Gasteiger partial charge in [0.05, 0.1) is 5.52 Å². The normalized spacial score (nSPS) is 16.8. The van der Waals surface area contributed by atoms with Crippen LogP contribution in [0.1, 0.15) is 24.2 Å². The SMILES string of the molecule is Cc1ccc2cc(Sc3nc(Nc4cc(C)[nH]n4)cc(N4CC(N5CCCC5)C4)n3)ccc2n1. The van der Waals surface area contributed by atoms with Crippen LogP contribution in [-0.2, 0) is 0 Å². The number of hydrogen-bond acceptors (Lipinski definition) is 8. The molecule has 9 heteroatoms. The molecule has 0 spiro atoms. The van der Waals surface area contributed by atoms with Crippen molar-refractivity contribution in [2.24, 2.45) is 0 Å². The van der Waals surface area contributed by atoms with Crippen LogP contribution in [0.3, 0.4) is 0 Å². The Balaban J connectivity index is 1.27. The van der Waals surface area contributed by atoms with Crippen molar-refractivity contribution in [2.75, 3.05) is 36.4 Å². The number of benzene rings is 1. The van der Waals surface area contributed by atoms with Crippen molar-refractivity contribution >= 4 is 40.1 Å². The number of pyridine rings is 1. The number of hydrogen-bond donors (Lipinski definition) is 2. The summed E-state index contributed by atoms with van der Waals surface area (Å²) in [6.07, 6.45) is 2.64. The first-order chi connectivity index (χ1) is 16.6. The molecule has 2 saturated heterocycles. The topological polar surface area (TPSA) is 85.9 Å². The average Bonchev–Trinajstić information content (AvgIpc) is 3.45. The second-order valence-electron chi connectivity index (χ2n) is 9.17. The molecule has 0 atom stereocenters. The van der Waals surface area contributed by atoms with Gasteiger partial charge in [0.2, 0.25) is 0 Å². The van der Waals surface area contributed by atoms with Crippen molar-refractivity contribution in [3.8, 4) is 0 Å². The number of aromatic amines is 1. The minimum absolute atomic E-state index is 0.635. The Hall–Kier alpha value is -3.17. The summed E-state index contributed by atoms with van der Waals surface area (Å²) in [5.74, 6) is 2.46. The van der Waals surface area contributed by atoms with E-state index in [-0.39, 0.29) is 0 Å². The predicted molar refractivity (Wildman–Crippen MR) is 136 cm³/mol. The van der Waals surface area contributed by atoms with E-state index in [1.807, 2.05) is 32.0 Å². The van der Waals surface area contributed by atoms with E-state index in [1.165, 1.54) is 25.9 Å². The van der Waals surface area contributed by atoms with Gasteiger partial charge in [-0.25, -0.2) is 9.97 Å². The maximum atomic E-state index is 4.93. The van der Waals surface area contributed by atoms with Crippen molar-refractivity contribution < 1.29 is 0 Å². The fourth-order valence-electron chi connectivity index (χ4n) is 4.65. The summed E-state index contributed by atoms with van der Waals surface area (Å²) in [5.41, 5.74) is 3.03. The summed E-state index contributed by atoms with van der Waals surface area (Å²) in [5, 5.41) is 12.5. The molecule has 4 aromatic rings. The van der Waals surface area contributed by atoms with Crippen LogP contribution < -0.4 is 10.2 Å². The number of nitrogens with one attached hydrogen (secondary N) is 2. The van der Waals surface area contributed by atoms with Gasteiger partial charge in [-0.1, -0.05) is 6.07 Å². The summed E-state index contributed by atoms with van der Waals surface area (Å²) in [4.78, 5) is 20.4. The van der Waals surface area contributed by atoms with Crippen LogP contribution in [-0.4, -0.2) is 62.3 Å². The van der Waals surface area contributed by atoms with Crippen molar-refractivity contribution in [2.45, 2.75) is 42.8 Å². The molecule has 2 fully saturated rings. The maximum Gasteiger partial charge on any atom is 0.196 e. The van der Waals surface area contributed by atoms with Gasteiger partial charge in [-0.15, -0.1) is 0 Å². The molecule has 0 radical (unpaired) electrons. The van der Waals surface area contributed by atoms with E-state index in [0.29, 0.717) is 6.04 Å². The molecule has 2 aliphatic heterocycles. The average molecular weight is 473 g/mol. The molecular weight excluding hydrogens is 444 g/mol. The smallest absolute Gasteiger partial charge is 0.196 e. The number of anilines is 3. The van der Waals surface area contributed by atoms with E-state index in [1.54, 1.807) is 11.8 Å². The summed E-state index contributed by atoms with van der Waals surface area (Å²) in [6, 6.07) is 15.1. The lowest BCUT2D eigenvalue weighted by Gasteiger charge is -2.44. The quantitative estimate of drug-likeness (QED) is 0.396. The van der Waals surface area contributed by atoms with Crippen molar-refractivity contribution in [1.82, 2.24) is 30.0 Å².